The Morgan fingerprint density at radius 3 is 2.55 bits per heavy atom. The van der Waals surface area contributed by atoms with Crippen LogP contribution in [0.25, 0.3) is 0 Å². The van der Waals surface area contributed by atoms with Gasteiger partial charge in [0.2, 0.25) is 0 Å². The summed E-state index contributed by atoms with van der Waals surface area (Å²) in [6.45, 7) is 12.9. The van der Waals surface area contributed by atoms with Gasteiger partial charge in [0.15, 0.2) is 0 Å². The van der Waals surface area contributed by atoms with Crippen molar-refractivity contribution in [3.8, 4) is 5.75 Å². The molecule has 1 N–H and O–H groups in total. The highest BCUT2D eigenvalue weighted by Gasteiger charge is 2.26. The number of hydrogen-bond donors (Lipinski definition) is 1. The number of ether oxygens (including phenoxy) is 1. The number of halogens is 1. The molecule has 0 unspecified atom stereocenters. The standard InChI is InChI=1S/C17H26ClNO/c1-16(2,3)11-17(4,5)19-10-13-9-14(18)8-12-6-7-20-15(12)13/h8-9,19H,6-7,10-11H2,1-5H3. The summed E-state index contributed by atoms with van der Waals surface area (Å²) in [6.07, 6.45) is 2.08. The zero-order valence-electron chi connectivity index (χ0n) is 13.3. The van der Waals surface area contributed by atoms with E-state index in [1.165, 1.54) is 11.1 Å². The van der Waals surface area contributed by atoms with Gasteiger partial charge < -0.3 is 10.1 Å². The summed E-state index contributed by atoms with van der Waals surface area (Å²) in [5, 5.41) is 4.46. The van der Waals surface area contributed by atoms with Crippen LogP contribution >= 0.6 is 11.6 Å². The Balaban J connectivity index is 2.08. The molecule has 1 aromatic carbocycles. The van der Waals surface area contributed by atoms with Crippen LogP contribution in [-0.2, 0) is 13.0 Å². The highest BCUT2D eigenvalue weighted by atomic mass is 35.5. The predicted molar refractivity (Wildman–Crippen MR) is 85.6 cm³/mol. The molecule has 0 radical (unpaired) electrons. The normalized spacial score (nSPS) is 15.1. The molecule has 1 aromatic rings. The minimum atomic E-state index is 0.0893. The van der Waals surface area contributed by atoms with Gasteiger partial charge in [-0.2, -0.15) is 0 Å². The Bertz CT molecular complexity index is 488. The van der Waals surface area contributed by atoms with E-state index < -0.39 is 0 Å². The van der Waals surface area contributed by atoms with Crippen molar-refractivity contribution in [2.24, 2.45) is 5.41 Å². The number of rotatable bonds is 4. The van der Waals surface area contributed by atoms with Crippen molar-refractivity contribution in [2.45, 2.75) is 59.5 Å². The first-order valence-corrected chi connectivity index (χ1v) is 7.73. The lowest BCUT2D eigenvalue weighted by atomic mass is 9.81. The van der Waals surface area contributed by atoms with E-state index in [9.17, 15) is 0 Å². The van der Waals surface area contributed by atoms with Crippen LogP contribution in [0.2, 0.25) is 5.02 Å². The van der Waals surface area contributed by atoms with Crippen LogP contribution in [0, 0.1) is 5.41 Å². The molecule has 0 aliphatic carbocycles. The molecule has 1 heterocycles. The maximum Gasteiger partial charge on any atom is 0.127 e. The van der Waals surface area contributed by atoms with Crippen LogP contribution in [0.4, 0.5) is 0 Å². The van der Waals surface area contributed by atoms with Crippen molar-refractivity contribution in [3.05, 3.63) is 28.3 Å². The summed E-state index contributed by atoms with van der Waals surface area (Å²) < 4.78 is 5.75. The van der Waals surface area contributed by atoms with E-state index in [1.807, 2.05) is 12.1 Å². The molecule has 0 spiro atoms. The summed E-state index contributed by atoms with van der Waals surface area (Å²) in [6, 6.07) is 4.04. The van der Waals surface area contributed by atoms with E-state index in [1.54, 1.807) is 0 Å². The van der Waals surface area contributed by atoms with E-state index in [0.717, 1.165) is 36.8 Å². The van der Waals surface area contributed by atoms with Crippen LogP contribution in [0.3, 0.4) is 0 Å². The van der Waals surface area contributed by atoms with Crippen LogP contribution < -0.4 is 10.1 Å². The molecule has 0 saturated carbocycles. The number of hydrogen-bond acceptors (Lipinski definition) is 2. The first-order valence-electron chi connectivity index (χ1n) is 7.35. The summed E-state index contributed by atoms with van der Waals surface area (Å²) in [4.78, 5) is 0. The number of nitrogens with one attached hydrogen (secondary N) is 1. The first-order chi connectivity index (χ1) is 9.16. The molecule has 0 atom stereocenters. The fourth-order valence-electron chi connectivity index (χ4n) is 3.20. The first kappa shape index (κ1) is 15.7. The summed E-state index contributed by atoms with van der Waals surface area (Å²) in [7, 11) is 0. The maximum absolute atomic E-state index is 6.20. The summed E-state index contributed by atoms with van der Waals surface area (Å²) >= 11 is 6.20. The third-order valence-electron chi connectivity index (χ3n) is 3.56. The molecule has 0 amide bonds. The molecule has 0 fully saturated rings. The van der Waals surface area contributed by atoms with Crippen LogP contribution in [-0.4, -0.2) is 12.1 Å². The van der Waals surface area contributed by atoms with Gasteiger partial charge in [0.05, 0.1) is 6.61 Å². The Hall–Kier alpha value is -0.730. The third-order valence-corrected chi connectivity index (χ3v) is 3.77. The Morgan fingerprint density at radius 1 is 1.20 bits per heavy atom. The zero-order valence-corrected chi connectivity index (χ0v) is 14.0. The molecule has 112 valence electrons. The Kier molecular flexibility index (Phi) is 4.36. The molecule has 0 aromatic heterocycles. The van der Waals surface area contributed by atoms with Crippen molar-refractivity contribution in [3.63, 3.8) is 0 Å². The van der Waals surface area contributed by atoms with Crippen molar-refractivity contribution in [2.75, 3.05) is 6.61 Å². The molecular formula is C17H26ClNO. The third kappa shape index (κ3) is 4.13. The maximum atomic E-state index is 6.20. The van der Waals surface area contributed by atoms with E-state index in [0.29, 0.717) is 5.41 Å². The minimum absolute atomic E-state index is 0.0893. The molecule has 20 heavy (non-hydrogen) atoms. The second-order valence-electron chi connectivity index (χ2n) is 7.63. The molecule has 1 aliphatic rings. The van der Waals surface area contributed by atoms with Crippen molar-refractivity contribution in [1.29, 1.82) is 0 Å². The van der Waals surface area contributed by atoms with Gasteiger partial charge in [-0.05, 0) is 43.4 Å². The molecule has 2 rings (SSSR count). The minimum Gasteiger partial charge on any atom is -0.493 e. The zero-order chi connectivity index (χ0) is 15.0. The van der Waals surface area contributed by atoms with E-state index in [4.69, 9.17) is 16.3 Å². The fraction of sp³-hybridized carbons (Fsp3) is 0.647. The Labute approximate surface area is 127 Å². The average molecular weight is 296 g/mol. The predicted octanol–water partition coefficient (Wildman–Crippen LogP) is 4.58. The highest BCUT2D eigenvalue weighted by molar-refractivity contribution is 6.30. The summed E-state index contributed by atoms with van der Waals surface area (Å²) in [5.74, 6) is 1.04. The molecule has 2 nitrogen and oxygen atoms in total. The van der Waals surface area contributed by atoms with E-state index in [-0.39, 0.29) is 5.54 Å². The second kappa shape index (κ2) is 5.57. The lowest BCUT2D eigenvalue weighted by Gasteiger charge is -2.33. The lowest BCUT2D eigenvalue weighted by Crippen LogP contribution is -2.41. The number of benzene rings is 1. The smallest absolute Gasteiger partial charge is 0.127 e. The van der Waals surface area contributed by atoms with Gasteiger partial charge >= 0.3 is 0 Å². The molecule has 0 bridgehead atoms. The topological polar surface area (TPSA) is 21.3 Å². The molecule has 1 aliphatic heterocycles. The van der Waals surface area contributed by atoms with Crippen LogP contribution in [0.15, 0.2) is 12.1 Å². The highest BCUT2D eigenvalue weighted by Crippen LogP contribution is 2.33. The van der Waals surface area contributed by atoms with E-state index in [2.05, 4.69) is 39.9 Å². The summed E-state index contributed by atoms with van der Waals surface area (Å²) in [5.41, 5.74) is 2.81. The van der Waals surface area contributed by atoms with Gasteiger partial charge in [0.25, 0.3) is 0 Å². The van der Waals surface area contributed by atoms with Crippen LogP contribution in [0.1, 0.15) is 52.2 Å². The molecule has 3 heteroatoms. The van der Waals surface area contributed by atoms with Crippen LogP contribution in [0.5, 0.6) is 5.75 Å². The molecule has 0 saturated heterocycles. The second-order valence-corrected chi connectivity index (χ2v) is 8.06. The monoisotopic (exact) mass is 295 g/mol. The average Bonchev–Trinajstić information content (AvgIpc) is 2.70. The largest absolute Gasteiger partial charge is 0.493 e. The van der Waals surface area contributed by atoms with Crippen molar-refractivity contribution >= 4 is 11.6 Å². The Morgan fingerprint density at radius 2 is 1.90 bits per heavy atom. The number of fused-ring (bicyclic) bond motifs is 1. The van der Waals surface area contributed by atoms with Gasteiger partial charge in [-0.15, -0.1) is 0 Å². The SMILES string of the molecule is CC(C)(C)CC(C)(C)NCc1cc(Cl)cc2c1OCC2. The van der Waals surface area contributed by atoms with Crippen molar-refractivity contribution < 1.29 is 4.74 Å². The quantitative estimate of drug-likeness (QED) is 0.878. The van der Waals surface area contributed by atoms with Crippen molar-refractivity contribution in [1.82, 2.24) is 5.32 Å². The van der Waals surface area contributed by atoms with E-state index >= 15 is 0 Å². The van der Waals surface area contributed by atoms with Gasteiger partial charge in [-0.1, -0.05) is 32.4 Å². The molecular weight excluding hydrogens is 270 g/mol. The lowest BCUT2D eigenvalue weighted by molar-refractivity contribution is 0.239. The van der Waals surface area contributed by atoms with Gasteiger partial charge in [-0.3, -0.25) is 0 Å². The van der Waals surface area contributed by atoms with Gasteiger partial charge in [0, 0.05) is 29.1 Å². The van der Waals surface area contributed by atoms with Gasteiger partial charge in [-0.25, -0.2) is 0 Å². The van der Waals surface area contributed by atoms with Gasteiger partial charge in [0.1, 0.15) is 5.75 Å². The fourth-order valence-corrected chi connectivity index (χ4v) is 3.46.